The molecule has 3 rings (SSSR count). The van der Waals surface area contributed by atoms with E-state index in [0.29, 0.717) is 25.3 Å². The van der Waals surface area contributed by atoms with E-state index in [4.69, 9.17) is 4.74 Å². The minimum Gasteiger partial charge on any atom is -0.378 e. The topological polar surface area (TPSA) is 73.9 Å². The fourth-order valence-electron chi connectivity index (χ4n) is 3.33. The Kier molecular flexibility index (Phi) is 5.55. The van der Waals surface area contributed by atoms with Crippen molar-refractivity contribution in [3.8, 4) is 0 Å². The Morgan fingerprint density at radius 3 is 2.88 bits per heavy atom. The lowest BCUT2D eigenvalue weighted by molar-refractivity contribution is -0.0355. The van der Waals surface area contributed by atoms with Crippen LogP contribution in [0.4, 0.5) is 10.5 Å². The van der Waals surface area contributed by atoms with Crippen molar-refractivity contribution in [2.45, 2.75) is 19.9 Å². The number of hydrogen-bond acceptors (Lipinski definition) is 4. The van der Waals surface area contributed by atoms with E-state index in [2.05, 4.69) is 15.5 Å². The smallest absolute Gasteiger partial charge is 0.321 e. The van der Waals surface area contributed by atoms with Crippen molar-refractivity contribution in [2.24, 2.45) is 0 Å². The average Bonchev–Trinajstić information content (AvgIpc) is 2.63. The molecule has 1 aromatic rings. The number of fused-ring (bicyclic) bond motifs is 1. The Morgan fingerprint density at radius 1 is 1.28 bits per heavy atom. The van der Waals surface area contributed by atoms with Crippen LogP contribution in [0.25, 0.3) is 0 Å². The Balaban J connectivity index is 1.62. The van der Waals surface area contributed by atoms with E-state index in [1.54, 1.807) is 18.2 Å². The number of urea groups is 1. The summed E-state index contributed by atoms with van der Waals surface area (Å²) in [5, 5.41) is 5.75. The molecule has 0 spiro atoms. The van der Waals surface area contributed by atoms with Gasteiger partial charge >= 0.3 is 6.03 Å². The Labute approximate surface area is 148 Å². The fourth-order valence-corrected chi connectivity index (χ4v) is 3.33. The van der Waals surface area contributed by atoms with Gasteiger partial charge in [-0.1, -0.05) is 0 Å². The van der Waals surface area contributed by atoms with Gasteiger partial charge in [0.2, 0.25) is 0 Å². The molecule has 7 nitrogen and oxygen atoms in total. The van der Waals surface area contributed by atoms with Crippen LogP contribution in [-0.2, 0) is 4.74 Å². The van der Waals surface area contributed by atoms with Crippen LogP contribution in [0.1, 0.15) is 22.8 Å². The summed E-state index contributed by atoms with van der Waals surface area (Å²) in [6.07, 6.45) is 0. The molecule has 25 heavy (non-hydrogen) atoms. The standard InChI is InChI=1S/C18H26N4O3/c1-3-19-17(23)14-4-5-16(13(2)10-14)20-18(24)22-7-6-21-8-9-25-12-15(21)11-22/h4-5,10,15H,3,6-9,11-12H2,1-2H3,(H,19,23)(H,20,24). The van der Waals surface area contributed by atoms with E-state index < -0.39 is 0 Å². The minimum atomic E-state index is -0.100. The molecule has 2 aliphatic heterocycles. The van der Waals surface area contributed by atoms with Crippen molar-refractivity contribution in [1.29, 1.82) is 0 Å². The Morgan fingerprint density at radius 2 is 2.12 bits per heavy atom. The number of rotatable bonds is 3. The molecular weight excluding hydrogens is 320 g/mol. The van der Waals surface area contributed by atoms with Gasteiger partial charge in [-0.05, 0) is 37.6 Å². The third kappa shape index (κ3) is 4.11. The summed E-state index contributed by atoms with van der Waals surface area (Å²) in [5.41, 5.74) is 2.21. The molecule has 2 N–H and O–H groups in total. The minimum absolute atomic E-state index is 0.0981. The van der Waals surface area contributed by atoms with Crippen molar-refractivity contribution < 1.29 is 14.3 Å². The second kappa shape index (κ2) is 7.84. The molecular formula is C18H26N4O3. The number of benzene rings is 1. The first kappa shape index (κ1) is 17.7. The molecule has 1 aromatic carbocycles. The molecule has 1 unspecified atom stereocenters. The van der Waals surface area contributed by atoms with Gasteiger partial charge in [0.25, 0.3) is 5.91 Å². The first-order valence-electron chi connectivity index (χ1n) is 8.85. The highest BCUT2D eigenvalue weighted by Crippen LogP contribution is 2.19. The van der Waals surface area contributed by atoms with Crippen LogP contribution in [0.3, 0.4) is 0 Å². The number of carbonyl (C=O) groups is 2. The van der Waals surface area contributed by atoms with E-state index in [0.717, 1.165) is 37.5 Å². The van der Waals surface area contributed by atoms with E-state index in [-0.39, 0.29) is 18.0 Å². The van der Waals surface area contributed by atoms with Crippen LogP contribution in [0, 0.1) is 6.92 Å². The molecule has 0 aromatic heterocycles. The number of morpholine rings is 1. The van der Waals surface area contributed by atoms with Crippen molar-refractivity contribution in [1.82, 2.24) is 15.1 Å². The van der Waals surface area contributed by atoms with Crippen LogP contribution in [-0.4, -0.2) is 73.7 Å². The van der Waals surface area contributed by atoms with Crippen LogP contribution < -0.4 is 10.6 Å². The van der Waals surface area contributed by atoms with Crippen LogP contribution in [0.2, 0.25) is 0 Å². The number of piperazine rings is 1. The number of aryl methyl sites for hydroxylation is 1. The summed E-state index contributed by atoms with van der Waals surface area (Å²) in [6.45, 7) is 9.07. The highest BCUT2D eigenvalue weighted by molar-refractivity contribution is 5.96. The second-order valence-electron chi connectivity index (χ2n) is 6.53. The first-order valence-corrected chi connectivity index (χ1v) is 8.85. The van der Waals surface area contributed by atoms with Gasteiger partial charge in [-0.2, -0.15) is 0 Å². The number of ether oxygens (including phenoxy) is 1. The zero-order valence-electron chi connectivity index (χ0n) is 14.9. The number of hydrogen-bond donors (Lipinski definition) is 2. The van der Waals surface area contributed by atoms with Crippen molar-refractivity contribution in [3.63, 3.8) is 0 Å². The number of nitrogens with zero attached hydrogens (tertiary/aromatic N) is 2. The lowest BCUT2D eigenvalue weighted by atomic mass is 10.1. The molecule has 2 aliphatic rings. The summed E-state index contributed by atoms with van der Waals surface area (Å²) in [7, 11) is 0. The maximum absolute atomic E-state index is 12.6. The van der Waals surface area contributed by atoms with Gasteiger partial charge in [-0.25, -0.2) is 4.79 Å². The number of nitrogens with one attached hydrogen (secondary N) is 2. The maximum Gasteiger partial charge on any atom is 0.321 e. The zero-order chi connectivity index (χ0) is 17.8. The van der Waals surface area contributed by atoms with Gasteiger partial charge in [0.05, 0.1) is 19.3 Å². The van der Waals surface area contributed by atoms with Crippen LogP contribution in [0.15, 0.2) is 18.2 Å². The summed E-state index contributed by atoms with van der Waals surface area (Å²) >= 11 is 0. The second-order valence-corrected chi connectivity index (χ2v) is 6.53. The number of carbonyl (C=O) groups excluding carboxylic acids is 2. The van der Waals surface area contributed by atoms with Crippen molar-refractivity contribution >= 4 is 17.6 Å². The fraction of sp³-hybridized carbons (Fsp3) is 0.556. The summed E-state index contributed by atoms with van der Waals surface area (Å²) in [6, 6.07) is 5.51. The molecule has 2 fully saturated rings. The largest absolute Gasteiger partial charge is 0.378 e. The summed E-state index contributed by atoms with van der Waals surface area (Å²) < 4.78 is 5.52. The molecule has 136 valence electrons. The monoisotopic (exact) mass is 346 g/mol. The molecule has 0 saturated carbocycles. The third-order valence-electron chi connectivity index (χ3n) is 4.79. The van der Waals surface area contributed by atoms with Crippen molar-refractivity contribution in [3.05, 3.63) is 29.3 Å². The highest BCUT2D eigenvalue weighted by Gasteiger charge is 2.31. The van der Waals surface area contributed by atoms with E-state index in [9.17, 15) is 9.59 Å². The van der Waals surface area contributed by atoms with Crippen molar-refractivity contribution in [2.75, 3.05) is 51.3 Å². The third-order valence-corrected chi connectivity index (χ3v) is 4.79. The van der Waals surface area contributed by atoms with Gasteiger partial charge in [0.15, 0.2) is 0 Å². The lowest BCUT2D eigenvalue weighted by Crippen LogP contribution is -2.59. The maximum atomic E-state index is 12.6. The van der Waals surface area contributed by atoms with Crippen LogP contribution >= 0.6 is 0 Å². The zero-order valence-corrected chi connectivity index (χ0v) is 14.9. The van der Waals surface area contributed by atoms with E-state index >= 15 is 0 Å². The first-order chi connectivity index (χ1) is 12.1. The predicted octanol–water partition coefficient (Wildman–Crippen LogP) is 1.29. The van der Waals surface area contributed by atoms with Gasteiger partial charge in [-0.15, -0.1) is 0 Å². The van der Waals surface area contributed by atoms with Gasteiger partial charge < -0.3 is 20.3 Å². The predicted molar refractivity (Wildman–Crippen MR) is 96.0 cm³/mol. The molecule has 7 heteroatoms. The highest BCUT2D eigenvalue weighted by atomic mass is 16.5. The summed E-state index contributed by atoms with van der Waals surface area (Å²) in [5.74, 6) is -0.100. The number of anilines is 1. The SMILES string of the molecule is CCNC(=O)c1ccc(NC(=O)N2CCN3CCOCC3C2)c(C)c1. The Bertz CT molecular complexity index is 649. The van der Waals surface area contributed by atoms with Gasteiger partial charge in [-0.3, -0.25) is 9.69 Å². The van der Waals surface area contributed by atoms with Gasteiger partial charge in [0.1, 0.15) is 0 Å². The molecule has 0 radical (unpaired) electrons. The van der Waals surface area contributed by atoms with E-state index in [1.807, 2.05) is 18.7 Å². The molecule has 1 atom stereocenters. The molecule has 2 heterocycles. The Hall–Kier alpha value is -2.12. The number of amides is 3. The molecule has 0 bridgehead atoms. The molecule has 0 aliphatic carbocycles. The normalized spacial score (nSPS) is 20.7. The van der Waals surface area contributed by atoms with Gasteiger partial charge in [0, 0.05) is 44.0 Å². The lowest BCUT2D eigenvalue weighted by Gasteiger charge is -2.43. The molecule has 2 saturated heterocycles. The van der Waals surface area contributed by atoms with Crippen LogP contribution in [0.5, 0.6) is 0 Å². The molecule has 3 amide bonds. The van der Waals surface area contributed by atoms with E-state index in [1.165, 1.54) is 0 Å². The summed E-state index contributed by atoms with van der Waals surface area (Å²) in [4.78, 5) is 28.7. The quantitative estimate of drug-likeness (QED) is 0.865. The average molecular weight is 346 g/mol.